The number of hydrogen-bond donors (Lipinski definition) is 2. The first-order valence-corrected chi connectivity index (χ1v) is 14.0. The molecule has 0 aliphatic heterocycles. The summed E-state index contributed by atoms with van der Waals surface area (Å²) in [7, 11) is 2.98. The van der Waals surface area contributed by atoms with E-state index in [1.807, 2.05) is 54.5 Å². The lowest BCUT2D eigenvalue weighted by molar-refractivity contribution is 0.0950. The Balaban J connectivity index is 0.000000572. The molecule has 0 aromatic heterocycles. The van der Waals surface area contributed by atoms with Gasteiger partial charge in [-0.15, -0.1) is 0 Å². The molecule has 2 N–H and O–H groups in total. The molecule has 0 heterocycles. The number of hydrogen-bond acceptors (Lipinski definition) is 2. The van der Waals surface area contributed by atoms with Crippen LogP contribution in [0.2, 0.25) is 0 Å². The predicted octanol–water partition coefficient (Wildman–Crippen LogP) is 8.90. The van der Waals surface area contributed by atoms with Gasteiger partial charge in [-0.1, -0.05) is 79.7 Å². The molecule has 0 bridgehead atoms. The summed E-state index contributed by atoms with van der Waals surface area (Å²) in [5, 5.41) is 4.82. The van der Waals surface area contributed by atoms with Crippen molar-refractivity contribution in [1.29, 1.82) is 0 Å². The van der Waals surface area contributed by atoms with Gasteiger partial charge >= 0.3 is 0 Å². The summed E-state index contributed by atoms with van der Waals surface area (Å²) in [6, 6.07) is 14.5. The van der Waals surface area contributed by atoms with Gasteiger partial charge in [0, 0.05) is 14.1 Å². The Morgan fingerprint density at radius 3 is 1.29 bits per heavy atom. The fraction of sp³-hybridized carbons (Fsp3) is 0.412. The lowest BCUT2D eigenvalue weighted by Gasteiger charge is -2.08. The molecule has 226 valence electrons. The van der Waals surface area contributed by atoms with Crippen molar-refractivity contribution in [2.45, 2.75) is 80.1 Å². The van der Waals surface area contributed by atoms with Gasteiger partial charge in [0.1, 0.15) is 17.5 Å². The van der Waals surface area contributed by atoms with Crippen LogP contribution in [0.5, 0.6) is 0 Å². The lowest BCUT2D eigenvalue weighted by atomic mass is 9.98. The van der Waals surface area contributed by atoms with Crippen molar-refractivity contribution in [2.24, 2.45) is 0 Å². The van der Waals surface area contributed by atoms with Crippen LogP contribution in [0.25, 0.3) is 0 Å². The van der Waals surface area contributed by atoms with Gasteiger partial charge in [0.05, 0.1) is 11.1 Å². The lowest BCUT2D eigenvalue weighted by Crippen LogP contribution is -2.19. The Labute approximate surface area is 244 Å². The molecule has 0 aliphatic carbocycles. The Hall–Kier alpha value is -3.61. The molecule has 7 heteroatoms. The van der Waals surface area contributed by atoms with Crippen molar-refractivity contribution in [3.63, 3.8) is 0 Å². The molecule has 0 fully saturated rings. The highest BCUT2D eigenvalue weighted by molar-refractivity contribution is 5.95. The summed E-state index contributed by atoms with van der Waals surface area (Å²) in [6.45, 7) is 18.0. The zero-order valence-electron chi connectivity index (χ0n) is 26.4. The quantitative estimate of drug-likeness (QED) is 0.321. The third kappa shape index (κ3) is 11.8. The number of benzene rings is 3. The Kier molecular flexibility index (Phi) is 17.0. The Morgan fingerprint density at radius 2 is 1.00 bits per heavy atom. The SMILES string of the molecule is CC.CNC(=O)c1cc(C(C)C)ccc1F.CNC(=O)c1cc(C(C)C)ccc1F.Cc1c(F)cccc1C(C)C. The van der Waals surface area contributed by atoms with E-state index in [-0.39, 0.29) is 28.8 Å². The van der Waals surface area contributed by atoms with E-state index < -0.39 is 11.6 Å². The molecular formula is C34H47F3N2O2. The van der Waals surface area contributed by atoms with Crippen molar-refractivity contribution in [3.8, 4) is 0 Å². The van der Waals surface area contributed by atoms with E-state index in [9.17, 15) is 22.8 Å². The van der Waals surface area contributed by atoms with Gasteiger partial charge in [0.2, 0.25) is 0 Å². The number of nitrogens with one attached hydrogen (secondary N) is 2. The molecular weight excluding hydrogens is 525 g/mol. The minimum absolute atomic E-state index is 0.101. The van der Waals surface area contributed by atoms with Crippen LogP contribution in [-0.4, -0.2) is 25.9 Å². The molecule has 0 saturated carbocycles. The number of carbonyl (C=O) groups excluding carboxylic acids is 2. The second-order valence-electron chi connectivity index (χ2n) is 10.1. The maximum absolute atomic E-state index is 13.2. The van der Waals surface area contributed by atoms with Gasteiger partial charge in [-0.2, -0.15) is 0 Å². The molecule has 0 saturated heterocycles. The number of halogens is 3. The molecule has 0 aliphatic rings. The van der Waals surface area contributed by atoms with Crippen molar-refractivity contribution >= 4 is 11.8 Å². The summed E-state index contributed by atoms with van der Waals surface area (Å²) >= 11 is 0. The fourth-order valence-electron chi connectivity index (χ4n) is 3.67. The Morgan fingerprint density at radius 1 is 0.610 bits per heavy atom. The summed E-state index contributed by atoms with van der Waals surface area (Å²) in [5.41, 5.74) is 4.03. The molecule has 2 amide bonds. The molecule has 0 spiro atoms. The first-order chi connectivity index (χ1) is 19.2. The average Bonchev–Trinajstić information content (AvgIpc) is 2.95. The van der Waals surface area contributed by atoms with Crippen LogP contribution in [0.4, 0.5) is 13.2 Å². The normalized spacial score (nSPS) is 10.1. The highest BCUT2D eigenvalue weighted by Crippen LogP contribution is 2.21. The van der Waals surface area contributed by atoms with Crippen LogP contribution in [0.15, 0.2) is 54.6 Å². The largest absolute Gasteiger partial charge is 0.355 e. The summed E-state index contributed by atoms with van der Waals surface area (Å²) in [4.78, 5) is 22.5. The van der Waals surface area contributed by atoms with Crippen LogP contribution >= 0.6 is 0 Å². The van der Waals surface area contributed by atoms with Gasteiger partial charge in [0.15, 0.2) is 0 Å². The van der Waals surface area contributed by atoms with Crippen LogP contribution < -0.4 is 10.6 Å². The molecule has 0 unspecified atom stereocenters. The van der Waals surface area contributed by atoms with Crippen molar-refractivity contribution in [3.05, 3.63) is 105 Å². The summed E-state index contributed by atoms with van der Waals surface area (Å²) in [6.07, 6.45) is 0. The smallest absolute Gasteiger partial charge is 0.254 e. The van der Waals surface area contributed by atoms with Gasteiger partial charge in [-0.25, -0.2) is 13.2 Å². The van der Waals surface area contributed by atoms with Crippen LogP contribution in [-0.2, 0) is 0 Å². The van der Waals surface area contributed by atoms with E-state index in [0.29, 0.717) is 17.8 Å². The molecule has 4 nitrogen and oxygen atoms in total. The summed E-state index contributed by atoms with van der Waals surface area (Å²) < 4.78 is 39.4. The van der Waals surface area contributed by atoms with Crippen molar-refractivity contribution in [1.82, 2.24) is 10.6 Å². The highest BCUT2D eigenvalue weighted by atomic mass is 19.1. The molecule has 3 aromatic carbocycles. The molecule has 3 aromatic rings. The number of amides is 2. The van der Waals surface area contributed by atoms with Gasteiger partial charge in [0.25, 0.3) is 11.8 Å². The molecule has 0 atom stereocenters. The van der Waals surface area contributed by atoms with Crippen LogP contribution in [0.1, 0.15) is 116 Å². The van der Waals surface area contributed by atoms with Gasteiger partial charge in [-0.3, -0.25) is 9.59 Å². The third-order valence-corrected chi connectivity index (χ3v) is 6.19. The van der Waals surface area contributed by atoms with E-state index >= 15 is 0 Å². The van der Waals surface area contributed by atoms with E-state index in [2.05, 4.69) is 24.5 Å². The zero-order chi connectivity index (χ0) is 31.9. The van der Waals surface area contributed by atoms with Crippen LogP contribution in [0, 0.1) is 24.4 Å². The standard InChI is InChI=1S/2C11H14FNO.C10H13F.C2H6/c2*1-7(2)8-4-5-10(12)9(6-8)11(14)13-3;1-7(2)9-5-4-6-10(11)8(9)3;1-2/h2*4-7H,1-3H3,(H,13,14);4-7H,1-3H3;1-2H3. The van der Waals surface area contributed by atoms with Gasteiger partial charge in [-0.05, 0) is 77.3 Å². The first-order valence-electron chi connectivity index (χ1n) is 14.0. The zero-order valence-corrected chi connectivity index (χ0v) is 26.4. The predicted molar refractivity (Wildman–Crippen MR) is 164 cm³/mol. The second-order valence-corrected chi connectivity index (χ2v) is 10.1. The first kappa shape index (κ1) is 37.4. The van der Waals surface area contributed by atoms with Gasteiger partial charge < -0.3 is 10.6 Å². The van der Waals surface area contributed by atoms with E-state index in [1.165, 1.54) is 32.3 Å². The maximum Gasteiger partial charge on any atom is 0.254 e. The maximum atomic E-state index is 13.2. The summed E-state index contributed by atoms with van der Waals surface area (Å²) in [5.74, 6) is -0.836. The fourth-order valence-corrected chi connectivity index (χ4v) is 3.67. The highest BCUT2D eigenvalue weighted by Gasteiger charge is 2.13. The molecule has 0 radical (unpaired) electrons. The second kappa shape index (κ2) is 18.7. The minimum atomic E-state index is -0.478. The monoisotopic (exact) mass is 572 g/mol. The number of rotatable bonds is 5. The average molecular weight is 573 g/mol. The molecule has 41 heavy (non-hydrogen) atoms. The topological polar surface area (TPSA) is 58.2 Å². The van der Waals surface area contributed by atoms with Crippen LogP contribution in [0.3, 0.4) is 0 Å². The third-order valence-electron chi connectivity index (χ3n) is 6.19. The van der Waals surface area contributed by atoms with E-state index in [0.717, 1.165) is 22.3 Å². The molecule has 3 rings (SSSR count). The number of carbonyl (C=O) groups is 2. The van der Waals surface area contributed by atoms with Crippen molar-refractivity contribution in [2.75, 3.05) is 14.1 Å². The Bertz CT molecular complexity index is 1190. The van der Waals surface area contributed by atoms with Crippen molar-refractivity contribution < 1.29 is 22.8 Å². The minimum Gasteiger partial charge on any atom is -0.355 e. The van der Waals surface area contributed by atoms with E-state index in [1.54, 1.807) is 30.3 Å². The van der Waals surface area contributed by atoms with E-state index in [4.69, 9.17) is 0 Å².